The lowest BCUT2D eigenvalue weighted by Gasteiger charge is -2.14. The number of hydrogen-bond donors (Lipinski definition) is 2. The number of carbonyl (C=O) groups is 2. The quantitative estimate of drug-likeness (QED) is 0.437. The Morgan fingerprint density at radius 3 is 2.68 bits per heavy atom. The van der Waals surface area contributed by atoms with E-state index in [4.69, 9.17) is 11.6 Å². The molecule has 0 fully saturated rings. The molecule has 0 radical (unpaired) electrons. The summed E-state index contributed by atoms with van der Waals surface area (Å²) >= 11 is 10.8. The average molecular weight is 523 g/mol. The zero-order chi connectivity index (χ0) is 22.5. The van der Waals surface area contributed by atoms with E-state index in [9.17, 15) is 9.59 Å². The highest BCUT2D eigenvalue weighted by atomic mass is 79.9. The number of hydrogen-bond acceptors (Lipinski definition) is 5. The standard InChI is InChI=1S/C21H21BrClN5O2S/c1-12-10-14(22)8-9-17(12)25-18(29)11-31-21-27-26-19(28(21)3)13(2)24-20(30)15-6-4-5-7-16(15)23/h4-10,13H,11H2,1-3H3,(H,24,30)(H,25,29)/t13-/m1/s1. The summed E-state index contributed by atoms with van der Waals surface area (Å²) in [5.41, 5.74) is 2.13. The molecule has 0 aliphatic heterocycles. The molecule has 162 valence electrons. The number of carbonyl (C=O) groups excluding carboxylic acids is 2. The molecule has 1 atom stereocenters. The summed E-state index contributed by atoms with van der Waals surface area (Å²) in [5, 5.41) is 15.1. The molecule has 2 amide bonds. The van der Waals surface area contributed by atoms with Crippen LogP contribution in [-0.4, -0.2) is 32.3 Å². The molecule has 1 heterocycles. The van der Waals surface area contributed by atoms with Gasteiger partial charge < -0.3 is 15.2 Å². The normalized spacial score (nSPS) is 11.8. The van der Waals surface area contributed by atoms with Crippen LogP contribution in [-0.2, 0) is 11.8 Å². The first-order valence-electron chi connectivity index (χ1n) is 9.39. The molecule has 2 N–H and O–H groups in total. The molecule has 2 aromatic carbocycles. The van der Waals surface area contributed by atoms with Gasteiger partial charge in [-0.05, 0) is 49.7 Å². The van der Waals surface area contributed by atoms with E-state index in [-0.39, 0.29) is 17.6 Å². The van der Waals surface area contributed by atoms with Crippen LogP contribution in [0.4, 0.5) is 5.69 Å². The van der Waals surface area contributed by atoms with Gasteiger partial charge in [-0.2, -0.15) is 0 Å². The summed E-state index contributed by atoms with van der Waals surface area (Å²) in [4.78, 5) is 24.8. The first kappa shape index (κ1) is 23.3. The van der Waals surface area contributed by atoms with Crippen molar-refractivity contribution in [3.05, 3.63) is 68.9 Å². The molecule has 1 aromatic heterocycles. The van der Waals surface area contributed by atoms with Gasteiger partial charge in [0.25, 0.3) is 5.91 Å². The zero-order valence-corrected chi connectivity index (χ0v) is 20.3. The Labute approximate surface area is 198 Å². The summed E-state index contributed by atoms with van der Waals surface area (Å²) in [7, 11) is 1.80. The third kappa shape index (κ3) is 5.87. The van der Waals surface area contributed by atoms with Gasteiger partial charge in [0.15, 0.2) is 11.0 Å². The molecule has 3 rings (SSSR count). The highest BCUT2D eigenvalue weighted by molar-refractivity contribution is 9.10. The molecule has 0 bridgehead atoms. The summed E-state index contributed by atoms with van der Waals surface area (Å²) in [6.45, 7) is 3.75. The van der Waals surface area contributed by atoms with E-state index in [2.05, 4.69) is 36.8 Å². The number of aromatic nitrogens is 3. The third-order valence-electron chi connectivity index (χ3n) is 4.52. The van der Waals surface area contributed by atoms with E-state index in [0.717, 1.165) is 15.7 Å². The molecule has 0 saturated carbocycles. The molecule has 7 nitrogen and oxygen atoms in total. The highest BCUT2D eigenvalue weighted by Gasteiger charge is 2.20. The summed E-state index contributed by atoms with van der Waals surface area (Å²) < 4.78 is 2.72. The van der Waals surface area contributed by atoms with Crippen LogP contribution in [0.1, 0.15) is 34.7 Å². The van der Waals surface area contributed by atoms with Gasteiger partial charge in [0.05, 0.1) is 22.4 Å². The maximum Gasteiger partial charge on any atom is 0.253 e. The number of halogens is 2. The lowest BCUT2D eigenvalue weighted by molar-refractivity contribution is -0.113. The molecule has 0 aliphatic carbocycles. The second kappa shape index (κ2) is 10.3. The second-order valence-corrected chi connectivity index (χ2v) is 9.14. The Balaban J connectivity index is 1.59. The predicted molar refractivity (Wildman–Crippen MR) is 127 cm³/mol. The van der Waals surface area contributed by atoms with Crippen LogP contribution in [0.15, 0.2) is 52.1 Å². The van der Waals surface area contributed by atoms with Crippen LogP contribution < -0.4 is 10.6 Å². The minimum absolute atomic E-state index is 0.139. The molecule has 31 heavy (non-hydrogen) atoms. The van der Waals surface area contributed by atoms with Crippen LogP contribution in [0.3, 0.4) is 0 Å². The zero-order valence-electron chi connectivity index (χ0n) is 17.1. The van der Waals surface area contributed by atoms with E-state index in [1.165, 1.54) is 11.8 Å². The van der Waals surface area contributed by atoms with Crippen LogP contribution in [0.25, 0.3) is 0 Å². The topological polar surface area (TPSA) is 88.9 Å². The molecule has 0 unspecified atom stereocenters. The minimum Gasteiger partial charge on any atom is -0.342 e. The molecule has 0 aliphatic rings. The van der Waals surface area contributed by atoms with Gasteiger partial charge in [0.1, 0.15) is 0 Å². The maximum absolute atomic E-state index is 12.5. The van der Waals surface area contributed by atoms with Gasteiger partial charge in [-0.3, -0.25) is 9.59 Å². The van der Waals surface area contributed by atoms with Gasteiger partial charge in [0.2, 0.25) is 5.91 Å². The van der Waals surface area contributed by atoms with Crippen LogP contribution in [0.5, 0.6) is 0 Å². The van der Waals surface area contributed by atoms with E-state index in [1.807, 2.05) is 32.0 Å². The van der Waals surface area contributed by atoms with Crippen molar-refractivity contribution in [1.29, 1.82) is 0 Å². The van der Waals surface area contributed by atoms with Gasteiger partial charge >= 0.3 is 0 Å². The van der Waals surface area contributed by atoms with Gasteiger partial charge in [-0.15, -0.1) is 10.2 Å². The number of benzene rings is 2. The number of aryl methyl sites for hydroxylation is 1. The maximum atomic E-state index is 12.5. The number of nitrogens with one attached hydrogen (secondary N) is 2. The van der Waals surface area contributed by atoms with Crippen molar-refractivity contribution in [1.82, 2.24) is 20.1 Å². The fraction of sp³-hybridized carbons (Fsp3) is 0.238. The molecule has 0 spiro atoms. The lowest BCUT2D eigenvalue weighted by Crippen LogP contribution is -2.28. The number of nitrogens with zero attached hydrogens (tertiary/aromatic N) is 3. The van der Waals surface area contributed by atoms with Crippen LogP contribution in [0, 0.1) is 6.92 Å². The number of anilines is 1. The van der Waals surface area contributed by atoms with Crippen molar-refractivity contribution in [2.45, 2.75) is 25.0 Å². The van der Waals surface area contributed by atoms with E-state index in [0.29, 0.717) is 21.6 Å². The Bertz CT molecular complexity index is 1120. The first-order chi connectivity index (χ1) is 14.8. The van der Waals surface area contributed by atoms with E-state index >= 15 is 0 Å². The average Bonchev–Trinajstić information content (AvgIpc) is 3.09. The fourth-order valence-corrected chi connectivity index (χ4v) is 4.31. The van der Waals surface area contributed by atoms with Crippen molar-refractivity contribution < 1.29 is 9.59 Å². The van der Waals surface area contributed by atoms with E-state index in [1.54, 1.807) is 35.9 Å². The monoisotopic (exact) mass is 521 g/mol. The molecule has 3 aromatic rings. The Hall–Kier alpha value is -2.36. The molecular weight excluding hydrogens is 502 g/mol. The summed E-state index contributed by atoms with van der Waals surface area (Å²) in [6.07, 6.45) is 0. The smallest absolute Gasteiger partial charge is 0.253 e. The molecular formula is C21H21BrClN5O2S. The van der Waals surface area contributed by atoms with Gasteiger partial charge in [0, 0.05) is 17.2 Å². The first-order valence-corrected chi connectivity index (χ1v) is 11.6. The minimum atomic E-state index is -0.394. The van der Waals surface area contributed by atoms with Crippen molar-refractivity contribution >= 4 is 56.8 Å². The van der Waals surface area contributed by atoms with Crippen molar-refractivity contribution in [3.8, 4) is 0 Å². The SMILES string of the molecule is Cc1cc(Br)ccc1NC(=O)CSc1nnc([C@@H](C)NC(=O)c2ccccc2Cl)n1C. The number of thioether (sulfide) groups is 1. The fourth-order valence-electron chi connectivity index (χ4n) is 2.90. The largest absolute Gasteiger partial charge is 0.342 e. The van der Waals surface area contributed by atoms with Crippen molar-refractivity contribution in [3.63, 3.8) is 0 Å². The van der Waals surface area contributed by atoms with E-state index < -0.39 is 6.04 Å². The van der Waals surface area contributed by atoms with Crippen LogP contribution >= 0.6 is 39.3 Å². The van der Waals surface area contributed by atoms with Crippen LogP contribution in [0.2, 0.25) is 5.02 Å². The number of rotatable bonds is 7. The van der Waals surface area contributed by atoms with Gasteiger partial charge in [-0.25, -0.2) is 0 Å². The number of amides is 2. The Morgan fingerprint density at radius 1 is 1.23 bits per heavy atom. The van der Waals surface area contributed by atoms with Crippen molar-refractivity contribution in [2.24, 2.45) is 7.05 Å². The third-order valence-corrected chi connectivity index (χ3v) is 6.36. The summed E-state index contributed by atoms with van der Waals surface area (Å²) in [5.74, 6) is 0.327. The summed E-state index contributed by atoms with van der Waals surface area (Å²) in [6, 6.07) is 12.1. The Kier molecular flexibility index (Phi) is 7.74. The molecule has 0 saturated heterocycles. The second-order valence-electron chi connectivity index (χ2n) is 6.87. The highest BCUT2D eigenvalue weighted by Crippen LogP contribution is 2.23. The predicted octanol–water partition coefficient (Wildman–Crippen LogP) is 4.76. The molecule has 10 heteroatoms. The van der Waals surface area contributed by atoms with Crippen molar-refractivity contribution in [2.75, 3.05) is 11.1 Å². The van der Waals surface area contributed by atoms with Gasteiger partial charge in [-0.1, -0.05) is 51.4 Å². The Morgan fingerprint density at radius 2 is 1.97 bits per heavy atom. The lowest BCUT2D eigenvalue weighted by atomic mass is 10.2.